The maximum atomic E-state index is 12.1. The minimum Gasteiger partial charge on any atom is -0.335 e. The molecule has 21 heavy (non-hydrogen) atoms. The van der Waals surface area contributed by atoms with Crippen molar-refractivity contribution < 1.29 is 4.79 Å². The van der Waals surface area contributed by atoms with Gasteiger partial charge in [0.2, 0.25) is 0 Å². The molecule has 0 saturated heterocycles. The van der Waals surface area contributed by atoms with Crippen LogP contribution in [-0.2, 0) is 0 Å². The summed E-state index contributed by atoms with van der Waals surface area (Å²) in [6, 6.07) is 4.30. The van der Waals surface area contributed by atoms with Crippen LogP contribution in [0.2, 0.25) is 0 Å². The van der Waals surface area contributed by atoms with E-state index in [1.165, 1.54) is 44.1 Å². The first-order valence-corrected chi connectivity index (χ1v) is 8.26. The van der Waals surface area contributed by atoms with Crippen LogP contribution in [0.15, 0.2) is 18.3 Å². The molecule has 0 atom stereocenters. The number of aromatic nitrogens is 1. The summed E-state index contributed by atoms with van der Waals surface area (Å²) >= 11 is 0. The number of anilines is 1. The van der Waals surface area contributed by atoms with Gasteiger partial charge in [-0.15, -0.1) is 0 Å². The van der Waals surface area contributed by atoms with Crippen molar-refractivity contribution in [2.24, 2.45) is 5.41 Å². The first kappa shape index (κ1) is 13.1. The van der Waals surface area contributed by atoms with Crippen molar-refractivity contribution in [3.63, 3.8) is 0 Å². The van der Waals surface area contributed by atoms with Crippen molar-refractivity contribution in [1.82, 2.24) is 10.3 Å². The lowest BCUT2D eigenvalue weighted by Gasteiger charge is -2.28. The molecule has 3 aliphatic rings. The minimum atomic E-state index is -0.104. The van der Waals surface area contributed by atoms with Crippen molar-refractivity contribution >= 4 is 11.8 Å². The fraction of sp³-hybridized carbons (Fsp3) is 0.647. The molecular formula is C17H23N3O. The molecule has 0 aliphatic heterocycles. The van der Waals surface area contributed by atoms with Crippen LogP contribution in [0.1, 0.15) is 62.8 Å². The molecule has 3 saturated carbocycles. The Morgan fingerprint density at radius 1 is 1.14 bits per heavy atom. The highest BCUT2D eigenvalue weighted by molar-refractivity contribution is 5.88. The largest absolute Gasteiger partial charge is 0.335 e. The van der Waals surface area contributed by atoms with E-state index in [1.54, 1.807) is 6.20 Å². The van der Waals surface area contributed by atoms with Crippen LogP contribution in [-0.4, -0.2) is 17.1 Å². The van der Waals surface area contributed by atoms with Crippen LogP contribution in [0.5, 0.6) is 0 Å². The van der Waals surface area contributed by atoms with Gasteiger partial charge in [-0.1, -0.05) is 0 Å². The van der Waals surface area contributed by atoms with Crippen LogP contribution >= 0.6 is 0 Å². The van der Waals surface area contributed by atoms with E-state index in [2.05, 4.69) is 21.7 Å². The van der Waals surface area contributed by atoms with Gasteiger partial charge in [0.05, 0.1) is 0 Å². The zero-order valence-corrected chi connectivity index (χ0v) is 12.4. The monoisotopic (exact) mass is 285 g/mol. The predicted octanol–water partition coefficient (Wildman–Crippen LogP) is 3.80. The number of carbonyl (C=O) groups is 1. The second-order valence-corrected chi connectivity index (χ2v) is 7.12. The van der Waals surface area contributed by atoms with Gasteiger partial charge in [0, 0.05) is 12.2 Å². The molecule has 2 amide bonds. The minimum absolute atomic E-state index is 0.104. The van der Waals surface area contributed by atoms with E-state index in [4.69, 9.17) is 0 Å². The average Bonchev–Trinajstić information content (AvgIpc) is 3.38. The molecule has 2 N–H and O–H groups in total. The summed E-state index contributed by atoms with van der Waals surface area (Å²) in [6.07, 6.45) is 12.0. The summed E-state index contributed by atoms with van der Waals surface area (Å²) in [5.74, 6) is 1.36. The van der Waals surface area contributed by atoms with Gasteiger partial charge in [0.25, 0.3) is 0 Å². The Morgan fingerprint density at radius 3 is 2.57 bits per heavy atom. The summed E-state index contributed by atoms with van der Waals surface area (Å²) in [6.45, 7) is 0. The molecular weight excluding hydrogens is 262 g/mol. The van der Waals surface area contributed by atoms with E-state index < -0.39 is 0 Å². The van der Waals surface area contributed by atoms with Crippen LogP contribution in [0.25, 0.3) is 0 Å². The van der Waals surface area contributed by atoms with Crippen LogP contribution in [0, 0.1) is 5.41 Å². The topological polar surface area (TPSA) is 54.0 Å². The van der Waals surface area contributed by atoms with E-state index in [9.17, 15) is 4.79 Å². The van der Waals surface area contributed by atoms with Gasteiger partial charge < -0.3 is 5.32 Å². The maximum Gasteiger partial charge on any atom is 0.320 e. The summed E-state index contributed by atoms with van der Waals surface area (Å²) in [7, 11) is 0. The molecule has 4 rings (SSSR count). The lowest BCUT2D eigenvalue weighted by molar-refractivity contribution is 0.234. The first-order valence-electron chi connectivity index (χ1n) is 8.26. The Labute approximate surface area is 125 Å². The molecule has 0 bridgehead atoms. The summed E-state index contributed by atoms with van der Waals surface area (Å²) in [5, 5.41) is 5.99. The molecule has 3 fully saturated rings. The van der Waals surface area contributed by atoms with Crippen molar-refractivity contribution in [2.75, 3.05) is 5.32 Å². The Balaban J connectivity index is 1.30. The molecule has 4 heteroatoms. The van der Waals surface area contributed by atoms with E-state index in [-0.39, 0.29) is 6.03 Å². The fourth-order valence-electron chi connectivity index (χ4n) is 3.57. The summed E-state index contributed by atoms with van der Waals surface area (Å²) in [5.41, 5.74) is 1.98. The third kappa shape index (κ3) is 3.04. The smallest absolute Gasteiger partial charge is 0.320 e. The van der Waals surface area contributed by atoms with Gasteiger partial charge in [0.15, 0.2) is 0 Å². The van der Waals surface area contributed by atoms with E-state index in [1.807, 2.05) is 6.07 Å². The molecule has 112 valence electrons. The van der Waals surface area contributed by atoms with Gasteiger partial charge >= 0.3 is 6.03 Å². The van der Waals surface area contributed by atoms with Gasteiger partial charge in [-0.05, 0) is 80.4 Å². The number of carbonyl (C=O) groups excluding carboxylic acids is 1. The second-order valence-electron chi connectivity index (χ2n) is 7.12. The zero-order chi connectivity index (χ0) is 14.3. The fourth-order valence-corrected chi connectivity index (χ4v) is 3.57. The quantitative estimate of drug-likeness (QED) is 0.887. The Morgan fingerprint density at radius 2 is 1.90 bits per heavy atom. The Bertz CT molecular complexity index is 539. The molecule has 0 radical (unpaired) electrons. The zero-order valence-electron chi connectivity index (χ0n) is 12.4. The normalized spacial score (nSPS) is 23.8. The Kier molecular flexibility index (Phi) is 3.12. The van der Waals surface area contributed by atoms with Crippen molar-refractivity contribution in [3.8, 4) is 0 Å². The van der Waals surface area contributed by atoms with Gasteiger partial charge in [-0.25, -0.2) is 9.78 Å². The highest BCUT2D eigenvalue weighted by Gasteiger charge is 2.44. The SMILES string of the molecule is O=C(Nc1cc(C2CC2)ccn1)NC1CCC2(CC1)CC2. The molecule has 1 heterocycles. The molecule has 4 nitrogen and oxygen atoms in total. The summed E-state index contributed by atoms with van der Waals surface area (Å²) in [4.78, 5) is 16.3. The van der Waals surface area contributed by atoms with Crippen LogP contribution in [0.3, 0.4) is 0 Å². The van der Waals surface area contributed by atoms with E-state index in [0.717, 1.165) is 12.8 Å². The number of amides is 2. The first-order chi connectivity index (χ1) is 10.2. The van der Waals surface area contributed by atoms with Gasteiger partial charge in [0.1, 0.15) is 5.82 Å². The number of nitrogens with one attached hydrogen (secondary N) is 2. The lowest BCUT2D eigenvalue weighted by Crippen LogP contribution is -2.40. The molecule has 1 aromatic rings. The summed E-state index contributed by atoms with van der Waals surface area (Å²) < 4.78 is 0. The van der Waals surface area contributed by atoms with Crippen molar-refractivity contribution in [2.45, 2.75) is 63.3 Å². The molecule has 3 aliphatic carbocycles. The number of nitrogens with zero attached hydrogens (tertiary/aromatic N) is 1. The molecule has 1 aromatic heterocycles. The van der Waals surface area contributed by atoms with Crippen LogP contribution < -0.4 is 10.6 Å². The number of pyridine rings is 1. The van der Waals surface area contributed by atoms with Crippen LogP contribution in [0.4, 0.5) is 10.6 Å². The highest BCUT2D eigenvalue weighted by atomic mass is 16.2. The number of hydrogen-bond acceptors (Lipinski definition) is 2. The van der Waals surface area contributed by atoms with Crippen molar-refractivity contribution in [1.29, 1.82) is 0 Å². The van der Waals surface area contributed by atoms with Crippen molar-refractivity contribution in [3.05, 3.63) is 23.9 Å². The predicted molar refractivity (Wildman–Crippen MR) is 82.3 cm³/mol. The molecule has 0 aromatic carbocycles. The maximum absolute atomic E-state index is 12.1. The average molecular weight is 285 g/mol. The number of hydrogen-bond donors (Lipinski definition) is 2. The van der Waals surface area contributed by atoms with E-state index >= 15 is 0 Å². The molecule has 0 unspecified atom stereocenters. The van der Waals surface area contributed by atoms with E-state index in [0.29, 0.717) is 23.2 Å². The molecule has 1 spiro atoms. The second kappa shape index (κ2) is 5.00. The van der Waals surface area contributed by atoms with Gasteiger partial charge in [-0.2, -0.15) is 0 Å². The third-order valence-corrected chi connectivity index (χ3v) is 5.41. The number of urea groups is 1. The number of rotatable bonds is 3. The standard InChI is InChI=1S/C17H23N3O/c21-16(19-14-3-6-17(7-4-14)8-9-17)20-15-11-13(5-10-18-15)12-1-2-12/h5,10-12,14H,1-4,6-9H2,(H2,18,19,20,21). The Hall–Kier alpha value is -1.58. The third-order valence-electron chi connectivity index (χ3n) is 5.41. The lowest BCUT2D eigenvalue weighted by atomic mass is 9.83. The van der Waals surface area contributed by atoms with Gasteiger partial charge in [-0.3, -0.25) is 5.32 Å². The highest BCUT2D eigenvalue weighted by Crippen LogP contribution is 2.56.